The molecule has 1 aromatic heterocycles. The second-order valence-electron chi connectivity index (χ2n) is 2.34. The number of nitrogens with zero attached hydrogens (tertiary/aromatic N) is 3. The number of hydrazone groups is 1. The summed E-state index contributed by atoms with van der Waals surface area (Å²) in [6, 6.07) is 0. The standard InChI is InChI=1S/C9H10N4O/c1-2-3-4-12-13-9(14)8-7-10-5-6-11-8/h2-7H,1H3,(H,13,14). The van der Waals surface area contributed by atoms with Crippen molar-refractivity contribution in [1.82, 2.24) is 15.4 Å². The quantitative estimate of drug-likeness (QED) is 0.565. The number of rotatable bonds is 3. The Labute approximate surface area is 81.6 Å². The molecule has 5 nitrogen and oxygen atoms in total. The van der Waals surface area contributed by atoms with Crippen molar-refractivity contribution >= 4 is 12.1 Å². The second kappa shape index (κ2) is 5.58. The van der Waals surface area contributed by atoms with Crippen molar-refractivity contribution in [3.63, 3.8) is 0 Å². The van der Waals surface area contributed by atoms with Gasteiger partial charge in [-0.2, -0.15) is 5.10 Å². The van der Waals surface area contributed by atoms with Crippen LogP contribution in [0.4, 0.5) is 0 Å². The number of aromatic nitrogens is 2. The van der Waals surface area contributed by atoms with Gasteiger partial charge in [-0.15, -0.1) is 0 Å². The van der Waals surface area contributed by atoms with E-state index >= 15 is 0 Å². The zero-order chi connectivity index (χ0) is 10.2. The molecule has 1 aromatic rings. The predicted octanol–water partition coefficient (Wildman–Crippen LogP) is 0.768. The van der Waals surface area contributed by atoms with Crippen LogP contribution in [-0.2, 0) is 0 Å². The van der Waals surface area contributed by atoms with Gasteiger partial charge in [-0.05, 0) is 13.0 Å². The van der Waals surface area contributed by atoms with E-state index in [0.717, 1.165) is 0 Å². The van der Waals surface area contributed by atoms with E-state index in [1.165, 1.54) is 24.8 Å². The van der Waals surface area contributed by atoms with Crippen molar-refractivity contribution in [2.45, 2.75) is 6.92 Å². The Bertz CT molecular complexity index is 345. The van der Waals surface area contributed by atoms with Gasteiger partial charge in [0.05, 0.1) is 6.20 Å². The van der Waals surface area contributed by atoms with E-state index in [9.17, 15) is 4.79 Å². The number of allylic oxidation sites excluding steroid dienone is 2. The third-order valence-corrected chi connectivity index (χ3v) is 1.31. The van der Waals surface area contributed by atoms with E-state index in [4.69, 9.17) is 0 Å². The summed E-state index contributed by atoms with van der Waals surface area (Å²) in [4.78, 5) is 18.8. The third-order valence-electron chi connectivity index (χ3n) is 1.31. The number of hydrogen-bond donors (Lipinski definition) is 1. The molecule has 0 bridgehead atoms. The lowest BCUT2D eigenvalue weighted by atomic mass is 10.4. The minimum Gasteiger partial charge on any atom is -0.265 e. The van der Waals surface area contributed by atoms with Crippen LogP contribution in [0.3, 0.4) is 0 Å². The van der Waals surface area contributed by atoms with Crippen molar-refractivity contribution in [2.75, 3.05) is 0 Å². The highest BCUT2D eigenvalue weighted by molar-refractivity contribution is 5.92. The van der Waals surface area contributed by atoms with E-state index in [2.05, 4.69) is 20.5 Å². The highest BCUT2D eigenvalue weighted by Gasteiger charge is 2.03. The molecule has 0 atom stereocenters. The molecule has 0 radical (unpaired) electrons. The first-order chi connectivity index (χ1) is 6.84. The largest absolute Gasteiger partial charge is 0.291 e. The van der Waals surface area contributed by atoms with Gasteiger partial charge in [0, 0.05) is 18.6 Å². The van der Waals surface area contributed by atoms with Crippen LogP contribution < -0.4 is 5.43 Å². The van der Waals surface area contributed by atoms with Gasteiger partial charge in [-0.3, -0.25) is 9.78 Å². The molecule has 1 heterocycles. The molecule has 0 saturated carbocycles. The molecule has 14 heavy (non-hydrogen) atoms. The van der Waals surface area contributed by atoms with Crippen molar-refractivity contribution in [2.24, 2.45) is 5.10 Å². The van der Waals surface area contributed by atoms with Crippen LogP contribution in [0.25, 0.3) is 0 Å². The molecule has 5 heteroatoms. The topological polar surface area (TPSA) is 67.2 Å². The van der Waals surface area contributed by atoms with Crippen LogP contribution in [0.1, 0.15) is 17.4 Å². The minimum absolute atomic E-state index is 0.241. The maximum absolute atomic E-state index is 11.3. The van der Waals surface area contributed by atoms with Gasteiger partial charge in [0.15, 0.2) is 0 Å². The van der Waals surface area contributed by atoms with Crippen molar-refractivity contribution in [3.05, 3.63) is 36.4 Å². The molecule has 0 saturated heterocycles. The number of carbonyl (C=O) groups is 1. The van der Waals surface area contributed by atoms with Crippen LogP contribution in [0.2, 0.25) is 0 Å². The first-order valence-electron chi connectivity index (χ1n) is 4.05. The maximum Gasteiger partial charge on any atom is 0.291 e. The molecule has 1 rings (SSSR count). The van der Waals surface area contributed by atoms with E-state index < -0.39 is 0 Å². The second-order valence-corrected chi connectivity index (χ2v) is 2.34. The maximum atomic E-state index is 11.3. The zero-order valence-electron chi connectivity index (χ0n) is 7.71. The molecule has 1 N–H and O–H groups in total. The average molecular weight is 190 g/mol. The van der Waals surface area contributed by atoms with Crippen LogP contribution in [0.15, 0.2) is 35.8 Å². The molecule has 0 aliphatic rings. The molecule has 72 valence electrons. The highest BCUT2D eigenvalue weighted by Crippen LogP contribution is 1.88. The number of carbonyl (C=O) groups excluding carboxylic acids is 1. The summed E-state index contributed by atoms with van der Waals surface area (Å²) in [6.07, 6.45) is 9.31. The SMILES string of the molecule is CC=CC=NNC(=O)c1cnccn1. The summed E-state index contributed by atoms with van der Waals surface area (Å²) >= 11 is 0. The zero-order valence-corrected chi connectivity index (χ0v) is 7.71. The first-order valence-corrected chi connectivity index (χ1v) is 4.05. The van der Waals surface area contributed by atoms with Crippen molar-refractivity contribution in [3.8, 4) is 0 Å². The summed E-state index contributed by atoms with van der Waals surface area (Å²) in [5.74, 6) is -0.376. The fourth-order valence-corrected chi connectivity index (χ4v) is 0.699. The lowest BCUT2D eigenvalue weighted by Gasteiger charge is -1.95. The average Bonchev–Trinajstić information content (AvgIpc) is 2.25. The van der Waals surface area contributed by atoms with Crippen LogP contribution >= 0.6 is 0 Å². The summed E-state index contributed by atoms with van der Waals surface area (Å²) < 4.78 is 0. The van der Waals surface area contributed by atoms with Crippen LogP contribution in [-0.4, -0.2) is 22.1 Å². The number of nitrogens with one attached hydrogen (secondary N) is 1. The Balaban J connectivity index is 2.52. The number of hydrogen-bond acceptors (Lipinski definition) is 4. The lowest BCUT2D eigenvalue weighted by Crippen LogP contribution is -2.18. The molecule has 0 aliphatic heterocycles. The summed E-state index contributed by atoms with van der Waals surface area (Å²) in [5, 5.41) is 3.66. The molecule has 0 unspecified atom stereocenters. The van der Waals surface area contributed by atoms with E-state index in [-0.39, 0.29) is 11.6 Å². The molecule has 0 fully saturated rings. The number of amides is 1. The Kier molecular flexibility index (Phi) is 4.00. The fraction of sp³-hybridized carbons (Fsp3) is 0.111. The smallest absolute Gasteiger partial charge is 0.265 e. The third kappa shape index (κ3) is 3.14. The van der Waals surface area contributed by atoms with Crippen molar-refractivity contribution in [1.29, 1.82) is 0 Å². The lowest BCUT2D eigenvalue weighted by molar-refractivity contribution is 0.0950. The van der Waals surface area contributed by atoms with Gasteiger partial charge in [-0.1, -0.05) is 6.08 Å². The minimum atomic E-state index is -0.376. The Hall–Kier alpha value is -2.04. The van der Waals surface area contributed by atoms with Crippen LogP contribution in [0, 0.1) is 0 Å². The molecule has 0 aromatic carbocycles. The molecular formula is C9H10N4O. The van der Waals surface area contributed by atoms with E-state index in [1.54, 1.807) is 12.2 Å². The van der Waals surface area contributed by atoms with E-state index in [1.807, 2.05) is 6.92 Å². The normalized spacial score (nSPS) is 10.9. The molecule has 0 spiro atoms. The Morgan fingerprint density at radius 1 is 1.57 bits per heavy atom. The van der Waals surface area contributed by atoms with Gasteiger partial charge >= 0.3 is 0 Å². The van der Waals surface area contributed by atoms with Gasteiger partial charge in [0.25, 0.3) is 5.91 Å². The first kappa shape index (κ1) is 10.0. The summed E-state index contributed by atoms with van der Waals surface area (Å²) in [7, 11) is 0. The summed E-state index contributed by atoms with van der Waals surface area (Å²) in [6.45, 7) is 1.86. The Morgan fingerprint density at radius 2 is 2.43 bits per heavy atom. The molecule has 1 amide bonds. The molecular weight excluding hydrogens is 180 g/mol. The van der Waals surface area contributed by atoms with Crippen molar-refractivity contribution < 1.29 is 4.79 Å². The Morgan fingerprint density at radius 3 is 3.07 bits per heavy atom. The molecule has 0 aliphatic carbocycles. The van der Waals surface area contributed by atoms with Gasteiger partial charge in [0.2, 0.25) is 0 Å². The van der Waals surface area contributed by atoms with Gasteiger partial charge in [0.1, 0.15) is 5.69 Å². The fourth-order valence-electron chi connectivity index (χ4n) is 0.699. The predicted molar refractivity (Wildman–Crippen MR) is 52.8 cm³/mol. The van der Waals surface area contributed by atoms with Crippen LogP contribution in [0.5, 0.6) is 0 Å². The highest BCUT2D eigenvalue weighted by atomic mass is 16.2. The van der Waals surface area contributed by atoms with E-state index in [0.29, 0.717) is 0 Å². The summed E-state index contributed by atoms with van der Waals surface area (Å²) in [5.41, 5.74) is 2.55. The monoisotopic (exact) mass is 190 g/mol. The van der Waals surface area contributed by atoms with Gasteiger partial charge < -0.3 is 0 Å². The van der Waals surface area contributed by atoms with Gasteiger partial charge in [-0.25, -0.2) is 10.4 Å².